The Morgan fingerprint density at radius 3 is 2.31 bits per heavy atom. The fraction of sp³-hybridized carbons (Fsp3) is 0.917. The van der Waals surface area contributed by atoms with E-state index in [1.165, 1.54) is 0 Å². The van der Waals surface area contributed by atoms with Gasteiger partial charge in [-0.1, -0.05) is 29.5 Å². The minimum Gasteiger partial charge on any atom is -0.459 e. The van der Waals surface area contributed by atoms with Gasteiger partial charge in [-0.15, -0.1) is 0 Å². The van der Waals surface area contributed by atoms with E-state index in [0.717, 1.165) is 19.5 Å². The molecule has 0 saturated carbocycles. The molecule has 4 heteroatoms. The second-order valence-electron chi connectivity index (χ2n) is 5.99. The largest absolute Gasteiger partial charge is 0.459 e. The number of carbonyl (C=O) groups is 1. The number of hydrogen-bond acceptors (Lipinski definition) is 3. The van der Waals surface area contributed by atoms with Crippen molar-refractivity contribution in [2.45, 2.75) is 50.1 Å². The lowest BCUT2D eigenvalue weighted by atomic mass is 9.77. The highest BCUT2D eigenvalue weighted by Gasteiger charge is 2.51. The number of nitrogens with one attached hydrogen (secondary N) is 1. The Morgan fingerprint density at radius 1 is 1.38 bits per heavy atom. The minimum absolute atomic E-state index is 0.0180. The molecule has 1 heterocycles. The molecule has 1 unspecified atom stereocenters. The standard InChI is InChI=1S/C12H22INO2/c1-10(2,3)16-9(15)12(5,13)11(4)6-7-14-8-11/h14H,6-8H2,1-5H3/t11-,12?/m0/s1. The summed E-state index contributed by atoms with van der Waals surface area (Å²) in [5, 5.41) is 3.32. The summed E-state index contributed by atoms with van der Waals surface area (Å²) in [5.74, 6) is -0.105. The smallest absolute Gasteiger partial charge is 0.322 e. The van der Waals surface area contributed by atoms with Crippen molar-refractivity contribution in [3.8, 4) is 0 Å². The molecular weight excluding hydrogens is 317 g/mol. The molecule has 1 saturated heterocycles. The van der Waals surface area contributed by atoms with Gasteiger partial charge in [-0.25, -0.2) is 0 Å². The van der Waals surface area contributed by atoms with E-state index < -0.39 is 9.02 Å². The number of rotatable bonds is 2. The van der Waals surface area contributed by atoms with E-state index in [-0.39, 0.29) is 11.4 Å². The Hall–Kier alpha value is 0.160. The second-order valence-corrected chi connectivity index (χ2v) is 8.15. The fourth-order valence-corrected chi connectivity index (χ4v) is 2.41. The van der Waals surface area contributed by atoms with Crippen molar-refractivity contribution in [3.05, 3.63) is 0 Å². The Balaban J connectivity index is 2.80. The molecule has 1 aliphatic rings. The highest BCUT2D eigenvalue weighted by atomic mass is 127. The first-order valence-electron chi connectivity index (χ1n) is 5.72. The zero-order chi connectivity index (χ0) is 12.6. The molecule has 0 aromatic carbocycles. The van der Waals surface area contributed by atoms with Crippen molar-refractivity contribution < 1.29 is 9.53 Å². The molecule has 1 fully saturated rings. The van der Waals surface area contributed by atoms with Crippen LogP contribution in [0.1, 0.15) is 41.0 Å². The van der Waals surface area contributed by atoms with Crippen molar-refractivity contribution in [2.24, 2.45) is 5.41 Å². The van der Waals surface area contributed by atoms with E-state index in [0.29, 0.717) is 0 Å². The Morgan fingerprint density at radius 2 is 1.94 bits per heavy atom. The van der Waals surface area contributed by atoms with Gasteiger partial charge in [-0.05, 0) is 40.7 Å². The summed E-state index contributed by atoms with van der Waals surface area (Å²) in [6.45, 7) is 11.7. The number of carbonyl (C=O) groups excluding carboxylic acids is 1. The van der Waals surface area contributed by atoms with Crippen LogP contribution in [0.15, 0.2) is 0 Å². The molecule has 0 spiro atoms. The van der Waals surface area contributed by atoms with Crippen LogP contribution in [0.5, 0.6) is 0 Å². The van der Waals surface area contributed by atoms with Gasteiger partial charge >= 0.3 is 5.97 Å². The van der Waals surface area contributed by atoms with Gasteiger partial charge in [0.1, 0.15) is 9.02 Å². The third kappa shape index (κ3) is 2.88. The summed E-state index contributed by atoms with van der Waals surface area (Å²) < 4.78 is 5.04. The first-order valence-corrected chi connectivity index (χ1v) is 6.79. The SMILES string of the molecule is CC(C)(C)OC(=O)C(C)(I)[C@@]1(C)CCNC1. The molecule has 0 aromatic rings. The van der Waals surface area contributed by atoms with Crippen LogP contribution in [-0.2, 0) is 9.53 Å². The number of esters is 1. The van der Waals surface area contributed by atoms with Crippen molar-refractivity contribution >= 4 is 28.6 Å². The second kappa shape index (κ2) is 4.44. The van der Waals surface area contributed by atoms with Gasteiger partial charge in [-0.2, -0.15) is 0 Å². The van der Waals surface area contributed by atoms with Gasteiger partial charge in [0.05, 0.1) is 0 Å². The maximum absolute atomic E-state index is 12.2. The zero-order valence-electron chi connectivity index (χ0n) is 10.8. The highest BCUT2D eigenvalue weighted by Crippen LogP contribution is 2.44. The minimum atomic E-state index is -0.471. The van der Waals surface area contributed by atoms with E-state index in [2.05, 4.69) is 34.8 Å². The molecule has 1 rings (SSSR count). The average molecular weight is 339 g/mol. The molecule has 16 heavy (non-hydrogen) atoms. The van der Waals surface area contributed by atoms with Crippen LogP contribution >= 0.6 is 22.6 Å². The van der Waals surface area contributed by atoms with Crippen LogP contribution in [0.4, 0.5) is 0 Å². The van der Waals surface area contributed by atoms with E-state index in [1.54, 1.807) is 0 Å². The molecule has 2 atom stereocenters. The van der Waals surface area contributed by atoms with Crippen LogP contribution in [0.2, 0.25) is 0 Å². The number of ether oxygens (including phenoxy) is 1. The lowest BCUT2D eigenvalue weighted by molar-refractivity contribution is -0.159. The summed E-state index contributed by atoms with van der Waals surface area (Å²) in [6, 6.07) is 0. The molecule has 0 aliphatic carbocycles. The normalized spacial score (nSPS) is 29.9. The van der Waals surface area contributed by atoms with Crippen molar-refractivity contribution in [3.63, 3.8) is 0 Å². The Bertz CT molecular complexity index is 275. The topological polar surface area (TPSA) is 38.3 Å². The summed E-state index contributed by atoms with van der Waals surface area (Å²) >= 11 is 2.25. The maximum atomic E-state index is 12.2. The summed E-state index contributed by atoms with van der Waals surface area (Å²) in [5.41, 5.74) is -0.429. The van der Waals surface area contributed by atoms with Gasteiger partial charge in [0.25, 0.3) is 0 Å². The van der Waals surface area contributed by atoms with Crippen molar-refractivity contribution in [1.82, 2.24) is 5.32 Å². The first kappa shape index (κ1) is 14.2. The number of hydrogen-bond donors (Lipinski definition) is 1. The molecule has 0 amide bonds. The van der Waals surface area contributed by atoms with Gasteiger partial charge in [0.2, 0.25) is 0 Å². The van der Waals surface area contributed by atoms with Crippen LogP contribution in [0.3, 0.4) is 0 Å². The molecule has 0 aromatic heterocycles. The van der Waals surface area contributed by atoms with E-state index in [4.69, 9.17) is 4.74 Å². The fourth-order valence-electron chi connectivity index (χ4n) is 1.84. The van der Waals surface area contributed by atoms with Crippen LogP contribution in [-0.4, -0.2) is 28.1 Å². The lowest BCUT2D eigenvalue weighted by Crippen LogP contribution is -2.49. The highest BCUT2D eigenvalue weighted by molar-refractivity contribution is 14.1. The van der Waals surface area contributed by atoms with Crippen LogP contribution in [0, 0.1) is 5.41 Å². The summed E-state index contributed by atoms with van der Waals surface area (Å²) in [7, 11) is 0. The van der Waals surface area contributed by atoms with Gasteiger partial charge in [-0.3, -0.25) is 4.79 Å². The summed E-state index contributed by atoms with van der Waals surface area (Å²) in [6.07, 6.45) is 1.02. The Kier molecular flexibility index (Phi) is 3.95. The maximum Gasteiger partial charge on any atom is 0.322 e. The molecule has 0 bridgehead atoms. The number of halogens is 1. The van der Waals surface area contributed by atoms with Gasteiger partial charge < -0.3 is 10.1 Å². The average Bonchev–Trinajstić information content (AvgIpc) is 2.50. The first-order chi connectivity index (χ1) is 7.08. The van der Waals surface area contributed by atoms with E-state index in [9.17, 15) is 4.79 Å². The predicted molar refractivity (Wildman–Crippen MR) is 73.9 cm³/mol. The number of alkyl halides is 1. The quantitative estimate of drug-likeness (QED) is 0.477. The lowest BCUT2D eigenvalue weighted by Gasteiger charge is -2.38. The van der Waals surface area contributed by atoms with Gasteiger partial charge in [0.15, 0.2) is 0 Å². The summed E-state index contributed by atoms with van der Waals surface area (Å²) in [4.78, 5) is 12.2. The Labute approximate surface area is 112 Å². The monoisotopic (exact) mass is 339 g/mol. The third-order valence-electron chi connectivity index (χ3n) is 3.28. The van der Waals surface area contributed by atoms with Crippen LogP contribution < -0.4 is 5.32 Å². The van der Waals surface area contributed by atoms with E-state index >= 15 is 0 Å². The van der Waals surface area contributed by atoms with Crippen molar-refractivity contribution in [1.29, 1.82) is 0 Å². The molecule has 1 N–H and O–H groups in total. The predicted octanol–water partition coefficient (Wildman–Crippen LogP) is 2.52. The van der Waals surface area contributed by atoms with Crippen molar-refractivity contribution in [2.75, 3.05) is 13.1 Å². The van der Waals surface area contributed by atoms with Crippen LogP contribution in [0.25, 0.3) is 0 Å². The molecule has 1 aliphatic heterocycles. The molecular formula is C12H22INO2. The molecule has 3 nitrogen and oxygen atoms in total. The third-order valence-corrected chi connectivity index (χ3v) is 5.03. The van der Waals surface area contributed by atoms with Gasteiger partial charge in [0, 0.05) is 12.0 Å². The zero-order valence-corrected chi connectivity index (χ0v) is 13.0. The molecule has 94 valence electrons. The van der Waals surface area contributed by atoms with E-state index in [1.807, 2.05) is 27.7 Å². The molecule has 0 radical (unpaired) electrons.